The number of hydrogen-bond donors (Lipinski definition) is 3. The second-order valence-electron chi connectivity index (χ2n) is 9.75. The molecule has 1 aromatic rings. The Bertz CT molecular complexity index is 1140. The highest BCUT2D eigenvalue weighted by atomic mass is 19.4. The van der Waals surface area contributed by atoms with Gasteiger partial charge in [0.15, 0.2) is 0 Å². The van der Waals surface area contributed by atoms with Gasteiger partial charge in [-0.2, -0.15) is 13.2 Å². The number of fused-ring (bicyclic) bond motifs is 1. The van der Waals surface area contributed by atoms with E-state index in [0.29, 0.717) is 17.2 Å². The summed E-state index contributed by atoms with van der Waals surface area (Å²) in [6.07, 6.45) is -0.232. The molecule has 4 aliphatic rings. The number of amides is 4. The maximum absolute atomic E-state index is 13.0. The number of halogens is 3. The van der Waals surface area contributed by atoms with E-state index in [2.05, 4.69) is 15.5 Å². The van der Waals surface area contributed by atoms with Crippen molar-refractivity contribution in [2.24, 2.45) is 0 Å². The van der Waals surface area contributed by atoms with Crippen molar-refractivity contribution in [1.29, 1.82) is 0 Å². The summed E-state index contributed by atoms with van der Waals surface area (Å²) in [5, 5.41) is 12.7. The van der Waals surface area contributed by atoms with Crippen molar-refractivity contribution in [1.82, 2.24) is 15.5 Å². The zero-order valence-electron chi connectivity index (χ0n) is 21.0. The van der Waals surface area contributed by atoms with Crippen LogP contribution in [0.1, 0.15) is 59.2 Å². The van der Waals surface area contributed by atoms with Gasteiger partial charge in [0, 0.05) is 25.2 Å². The number of carbonyl (C=O) groups is 5. The highest BCUT2D eigenvalue weighted by Crippen LogP contribution is 2.32. The van der Waals surface area contributed by atoms with Crippen LogP contribution in [-0.2, 0) is 19.1 Å². The SMILES string of the molecule is O=C(O)C(F)(F)F.O=C1CCC(N2C(=O)c3ccc(N4CCC(OC5CCNCC5)CC4)cc3C2=O)C(=O)N1. The number of nitrogens with zero attached hydrogens (tertiary/aromatic N) is 2. The van der Waals surface area contributed by atoms with Gasteiger partial charge in [0.1, 0.15) is 6.04 Å². The molecule has 1 aromatic carbocycles. The number of piperidine rings is 3. The van der Waals surface area contributed by atoms with Gasteiger partial charge >= 0.3 is 12.1 Å². The van der Waals surface area contributed by atoms with Gasteiger partial charge in [0.25, 0.3) is 11.8 Å². The molecule has 0 radical (unpaired) electrons. The van der Waals surface area contributed by atoms with Crippen LogP contribution in [-0.4, -0.2) is 90.2 Å². The molecule has 4 amide bonds. The van der Waals surface area contributed by atoms with Crippen LogP contribution >= 0.6 is 0 Å². The van der Waals surface area contributed by atoms with Crippen molar-refractivity contribution >= 4 is 35.3 Å². The topological polar surface area (TPSA) is 145 Å². The number of imide groups is 2. The maximum atomic E-state index is 13.0. The van der Waals surface area contributed by atoms with E-state index in [4.69, 9.17) is 14.6 Å². The molecule has 0 bridgehead atoms. The fourth-order valence-corrected chi connectivity index (χ4v) is 5.11. The van der Waals surface area contributed by atoms with Gasteiger partial charge in [0.2, 0.25) is 11.8 Å². The monoisotopic (exact) mass is 554 g/mol. The van der Waals surface area contributed by atoms with Crippen molar-refractivity contribution in [2.75, 3.05) is 31.1 Å². The van der Waals surface area contributed by atoms with Crippen LogP contribution in [0.2, 0.25) is 0 Å². The molecule has 4 aliphatic heterocycles. The van der Waals surface area contributed by atoms with E-state index in [9.17, 15) is 32.3 Å². The molecule has 0 aromatic heterocycles. The number of aliphatic carboxylic acids is 1. The number of alkyl halides is 3. The van der Waals surface area contributed by atoms with Crippen molar-refractivity contribution < 1.29 is 47.0 Å². The fourth-order valence-electron chi connectivity index (χ4n) is 5.11. The number of ether oxygens (including phenoxy) is 1. The van der Waals surface area contributed by atoms with Gasteiger partial charge in [-0.25, -0.2) is 4.79 Å². The van der Waals surface area contributed by atoms with Gasteiger partial charge in [0.05, 0.1) is 23.3 Å². The summed E-state index contributed by atoms with van der Waals surface area (Å²) in [7, 11) is 0. The van der Waals surface area contributed by atoms with E-state index in [0.717, 1.165) is 62.4 Å². The Labute approximate surface area is 221 Å². The van der Waals surface area contributed by atoms with Gasteiger partial charge in [-0.1, -0.05) is 0 Å². The zero-order chi connectivity index (χ0) is 28.3. The normalized spacial score (nSPS) is 22.8. The minimum Gasteiger partial charge on any atom is -0.475 e. The Morgan fingerprint density at radius 3 is 2.10 bits per heavy atom. The number of carboxylic acids is 1. The summed E-state index contributed by atoms with van der Waals surface area (Å²) in [6, 6.07) is 4.36. The Morgan fingerprint density at radius 1 is 0.923 bits per heavy atom. The highest BCUT2D eigenvalue weighted by Gasteiger charge is 2.45. The van der Waals surface area contributed by atoms with Crippen LogP contribution in [0.4, 0.5) is 18.9 Å². The lowest BCUT2D eigenvalue weighted by Crippen LogP contribution is -2.54. The summed E-state index contributed by atoms with van der Waals surface area (Å²) in [6.45, 7) is 3.68. The largest absolute Gasteiger partial charge is 0.490 e. The van der Waals surface area contributed by atoms with Crippen molar-refractivity contribution in [3.63, 3.8) is 0 Å². The Hall–Kier alpha value is -3.52. The second-order valence-corrected chi connectivity index (χ2v) is 9.75. The van der Waals surface area contributed by atoms with Crippen LogP contribution in [0.25, 0.3) is 0 Å². The number of hydrogen-bond acceptors (Lipinski definition) is 8. The average Bonchev–Trinajstić information content (AvgIpc) is 3.14. The smallest absolute Gasteiger partial charge is 0.475 e. The van der Waals surface area contributed by atoms with Crippen LogP contribution in [0.5, 0.6) is 0 Å². The number of rotatable bonds is 4. The number of nitrogens with one attached hydrogen (secondary N) is 2. The first-order valence-electron chi connectivity index (χ1n) is 12.7. The zero-order valence-corrected chi connectivity index (χ0v) is 21.0. The molecule has 3 saturated heterocycles. The van der Waals surface area contributed by atoms with E-state index >= 15 is 0 Å². The van der Waals surface area contributed by atoms with Crippen molar-refractivity contribution in [3.8, 4) is 0 Å². The average molecular weight is 555 g/mol. The Kier molecular flexibility index (Phi) is 8.54. The third-order valence-corrected chi connectivity index (χ3v) is 7.14. The van der Waals surface area contributed by atoms with Crippen molar-refractivity contribution in [2.45, 2.75) is 63.0 Å². The molecule has 1 unspecified atom stereocenters. The summed E-state index contributed by atoms with van der Waals surface area (Å²) in [5.41, 5.74) is 1.54. The Morgan fingerprint density at radius 2 is 1.51 bits per heavy atom. The molecular formula is C25H29F3N4O7. The van der Waals surface area contributed by atoms with Crippen LogP contribution in [0.15, 0.2) is 18.2 Å². The second kappa shape index (κ2) is 11.7. The summed E-state index contributed by atoms with van der Waals surface area (Å²) in [4.78, 5) is 61.7. The molecule has 11 nitrogen and oxygen atoms in total. The molecule has 0 spiro atoms. The number of anilines is 1. The minimum atomic E-state index is -5.08. The van der Waals surface area contributed by atoms with Crippen molar-refractivity contribution in [3.05, 3.63) is 29.3 Å². The summed E-state index contributed by atoms with van der Waals surface area (Å²) in [5.74, 6) is -4.66. The quantitative estimate of drug-likeness (QED) is 0.471. The molecular weight excluding hydrogens is 525 g/mol. The number of carbonyl (C=O) groups excluding carboxylic acids is 4. The van der Waals surface area contributed by atoms with E-state index in [1.165, 1.54) is 0 Å². The molecule has 212 valence electrons. The van der Waals surface area contributed by atoms with E-state index in [-0.39, 0.29) is 24.9 Å². The summed E-state index contributed by atoms with van der Waals surface area (Å²) < 4.78 is 38.0. The van der Waals surface area contributed by atoms with Gasteiger partial charge in [-0.3, -0.25) is 29.4 Å². The predicted molar refractivity (Wildman–Crippen MR) is 129 cm³/mol. The van der Waals surface area contributed by atoms with E-state index < -0.39 is 35.9 Å². The van der Waals surface area contributed by atoms with Crippen LogP contribution in [0.3, 0.4) is 0 Å². The molecule has 0 saturated carbocycles. The molecule has 5 rings (SSSR count). The number of benzene rings is 1. The molecule has 39 heavy (non-hydrogen) atoms. The predicted octanol–water partition coefficient (Wildman–Crippen LogP) is 1.46. The first kappa shape index (κ1) is 28.5. The molecule has 3 N–H and O–H groups in total. The molecule has 4 heterocycles. The molecule has 3 fully saturated rings. The summed E-state index contributed by atoms with van der Waals surface area (Å²) >= 11 is 0. The fraction of sp³-hybridized carbons (Fsp3) is 0.560. The molecule has 1 atom stereocenters. The minimum absolute atomic E-state index is 0.115. The molecule has 0 aliphatic carbocycles. The van der Waals surface area contributed by atoms with Gasteiger partial charge < -0.3 is 20.1 Å². The first-order chi connectivity index (χ1) is 18.5. The standard InChI is InChI=1S/C23H28N4O5.C2HF3O2/c28-20-4-3-19(21(29)25-20)27-22(30)17-2-1-14(13-18(17)23(27)31)26-11-7-16(8-12-26)32-15-5-9-24-10-6-15;3-2(4,5)1(6)7/h1-2,13,15-16,19,24H,3-12H2,(H,25,28,29);(H,6,7). The Balaban J connectivity index is 0.000000448. The lowest BCUT2D eigenvalue weighted by Gasteiger charge is -2.36. The lowest BCUT2D eigenvalue weighted by molar-refractivity contribution is -0.192. The maximum Gasteiger partial charge on any atom is 0.490 e. The van der Waals surface area contributed by atoms with Gasteiger partial charge in [-0.15, -0.1) is 0 Å². The van der Waals surface area contributed by atoms with E-state index in [1.807, 2.05) is 6.07 Å². The van der Waals surface area contributed by atoms with Crippen LogP contribution in [0, 0.1) is 0 Å². The van der Waals surface area contributed by atoms with E-state index in [1.54, 1.807) is 12.1 Å². The van der Waals surface area contributed by atoms with Gasteiger partial charge in [-0.05, 0) is 63.4 Å². The lowest BCUT2D eigenvalue weighted by atomic mass is 10.0. The third kappa shape index (κ3) is 6.56. The third-order valence-electron chi connectivity index (χ3n) is 7.14. The first-order valence-corrected chi connectivity index (χ1v) is 12.7. The van der Waals surface area contributed by atoms with Crippen LogP contribution < -0.4 is 15.5 Å². The molecule has 14 heteroatoms. The number of carboxylic acid groups (broad SMARTS) is 1. The highest BCUT2D eigenvalue weighted by molar-refractivity contribution is 6.23.